The van der Waals surface area contributed by atoms with Crippen molar-refractivity contribution in [2.75, 3.05) is 0 Å². The first-order valence-electron chi connectivity index (χ1n) is 11.2. The number of carbonyl (C=O) groups is 1. The van der Waals surface area contributed by atoms with Gasteiger partial charge in [-0.2, -0.15) is 0 Å². The van der Waals surface area contributed by atoms with Gasteiger partial charge in [0.15, 0.2) is 5.78 Å². The van der Waals surface area contributed by atoms with Gasteiger partial charge in [-0.15, -0.1) is 0 Å². The molecule has 1 aromatic rings. The number of Topliss-reactive ketones (excluding diaryl/α,β-unsaturated/α-hetero) is 1. The van der Waals surface area contributed by atoms with Crippen LogP contribution in [-0.4, -0.2) is 17.0 Å². The molecule has 3 saturated carbocycles. The molecule has 0 aromatic heterocycles. The molecule has 1 aromatic carbocycles. The van der Waals surface area contributed by atoms with Crippen LogP contribution in [-0.2, 0) is 4.79 Å². The third-order valence-corrected chi connectivity index (χ3v) is 8.95. The molecule has 5 rings (SSSR count). The van der Waals surface area contributed by atoms with Gasteiger partial charge in [0.25, 0.3) is 0 Å². The molecule has 0 unspecified atom stereocenters. The van der Waals surface area contributed by atoms with E-state index < -0.39 is 0 Å². The fourth-order valence-electron chi connectivity index (χ4n) is 7.22. The van der Waals surface area contributed by atoms with E-state index in [1.807, 2.05) is 6.07 Å². The second kappa shape index (κ2) is 6.63. The molecule has 0 amide bonds. The Hall–Kier alpha value is -1.74. The van der Waals surface area contributed by atoms with Crippen molar-refractivity contribution in [3.8, 4) is 0 Å². The van der Waals surface area contributed by atoms with Crippen LogP contribution >= 0.6 is 0 Å². The molecule has 29 heavy (non-hydrogen) atoms. The van der Waals surface area contributed by atoms with Crippen molar-refractivity contribution in [1.29, 1.82) is 0 Å². The third kappa shape index (κ3) is 2.80. The Bertz CT molecular complexity index is 915. The molecule has 1 N–H and O–H groups in total. The Balaban J connectivity index is 1.49. The van der Waals surface area contributed by atoms with Crippen LogP contribution in [0.1, 0.15) is 64.4 Å². The van der Waals surface area contributed by atoms with Crippen molar-refractivity contribution in [1.82, 2.24) is 0 Å². The quantitative estimate of drug-likeness (QED) is 0.489. The van der Waals surface area contributed by atoms with Gasteiger partial charge in [-0.05, 0) is 85.8 Å². The molecule has 0 saturated heterocycles. The number of halogens is 1. The van der Waals surface area contributed by atoms with Crippen LogP contribution in [0.2, 0.25) is 0 Å². The summed E-state index contributed by atoms with van der Waals surface area (Å²) in [5.41, 5.74) is 2.64. The standard InChI is InChI=1S/C26H31FO2/c1-25-11-9-19(28)15-18(25)7-8-20-21(25)10-12-26(2)22(20)14-17(24(26)29)13-16-5-3-4-6-23(16)27/h3-7,13,19-22,28H,8-12,14-15H2,1-2H3/b17-13+/t19-,20+,21-,22-,25+,26-/m1/s1. The number of fused-ring (bicyclic) bond motifs is 5. The molecule has 0 spiro atoms. The molecule has 4 aliphatic rings. The number of allylic oxidation sites excluding steroid dienone is 2. The number of ketones is 1. The highest BCUT2D eigenvalue weighted by Crippen LogP contribution is 2.64. The highest BCUT2D eigenvalue weighted by molar-refractivity contribution is 6.06. The Labute approximate surface area is 172 Å². The van der Waals surface area contributed by atoms with Crippen LogP contribution in [0.5, 0.6) is 0 Å². The van der Waals surface area contributed by atoms with Gasteiger partial charge in [0.1, 0.15) is 5.82 Å². The van der Waals surface area contributed by atoms with E-state index >= 15 is 0 Å². The maximum atomic E-state index is 14.2. The van der Waals surface area contributed by atoms with Crippen molar-refractivity contribution in [3.63, 3.8) is 0 Å². The highest BCUT2D eigenvalue weighted by atomic mass is 19.1. The van der Waals surface area contributed by atoms with Crippen molar-refractivity contribution in [3.05, 3.63) is 52.9 Å². The minimum atomic E-state index is -0.311. The summed E-state index contributed by atoms with van der Waals surface area (Å²) in [4.78, 5) is 13.4. The van der Waals surface area contributed by atoms with Gasteiger partial charge in [0, 0.05) is 11.0 Å². The number of benzene rings is 1. The predicted molar refractivity (Wildman–Crippen MR) is 112 cm³/mol. The van der Waals surface area contributed by atoms with Crippen LogP contribution in [0, 0.1) is 34.4 Å². The van der Waals surface area contributed by atoms with Crippen LogP contribution < -0.4 is 0 Å². The Morgan fingerprint density at radius 2 is 1.83 bits per heavy atom. The summed E-state index contributed by atoms with van der Waals surface area (Å²) in [6, 6.07) is 6.73. The largest absolute Gasteiger partial charge is 0.393 e. The fourth-order valence-corrected chi connectivity index (χ4v) is 7.22. The maximum absolute atomic E-state index is 14.2. The van der Waals surface area contributed by atoms with Crippen LogP contribution in [0.4, 0.5) is 4.39 Å². The summed E-state index contributed by atoms with van der Waals surface area (Å²) in [5.74, 6) is 1.42. The number of aliphatic hydroxyl groups excluding tert-OH is 1. The van der Waals surface area contributed by atoms with E-state index in [2.05, 4.69) is 19.9 Å². The summed E-state index contributed by atoms with van der Waals surface area (Å²) in [6.07, 6.45) is 10.6. The molecule has 0 heterocycles. The highest BCUT2D eigenvalue weighted by Gasteiger charge is 2.59. The van der Waals surface area contributed by atoms with Crippen molar-refractivity contribution < 1.29 is 14.3 Å². The van der Waals surface area contributed by atoms with Crippen molar-refractivity contribution in [2.24, 2.45) is 28.6 Å². The molecule has 154 valence electrons. The van der Waals surface area contributed by atoms with Gasteiger partial charge in [0.05, 0.1) is 6.10 Å². The zero-order valence-electron chi connectivity index (χ0n) is 17.5. The average molecular weight is 395 g/mol. The summed E-state index contributed by atoms with van der Waals surface area (Å²) in [5, 5.41) is 10.2. The second-order valence-electron chi connectivity index (χ2n) is 10.3. The molecule has 2 nitrogen and oxygen atoms in total. The second-order valence-corrected chi connectivity index (χ2v) is 10.3. The lowest BCUT2D eigenvalue weighted by atomic mass is 9.48. The molecule has 0 aliphatic heterocycles. The van der Waals surface area contributed by atoms with Gasteiger partial charge in [-0.3, -0.25) is 4.79 Å². The first-order chi connectivity index (χ1) is 13.8. The lowest BCUT2D eigenvalue weighted by molar-refractivity contribution is -0.130. The van der Waals surface area contributed by atoms with E-state index in [9.17, 15) is 14.3 Å². The van der Waals surface area contributed by atoms with Gasteiger partial charge in [0.2, 0.25) is 0 Å². The zero-order valence-corrected chi connectivity index (χ0v) is 17.5. The van der Waals surface area contributed by atoms with Gasteiger partial charge >= 0.3 is 0 Å². The minimum Gasteiger partial charge on any atom is -0.393 e. The summed E-state index contributed by atoms with van der Waals surface area (Å²) in [7, 11) is 0. The smallest absolute Gasteiger partial charge is 0.165 e. The molecule has 3 heteroatoms. The zero-order chi connectivity index (χ0) is 20.4. The van der Waals surface area contributed by atoms with Gasteiger partial charge in [-0.25, -0.2) is 4.39 Å². The molecule has 3 fully saturated rings. The van der Waals surface area contributed by atoms with E-state index in [1.165, 1.54) is 11.6 Å². The van der Waals surface area contributed by atoms with Crippen LogP contribution in [0.3, 0.4) is 0 Å². The average Bonchev–Trinajstić information content (AvgIpc) is 2.95. The normalized spacial score (nSPS) is 42.8. The summed E-state index contributed by atoms with van der Waals surface area (Å²) < 4.78 is 14.2. The van der Waals surface area contributed by atoms with Crippen molar-refractivity contribution in [2.45, 2.75) is 64.9 Å². The Morgan fingerprint density at radius 3 is 2.62 bits per heavy atom. The summed E-state index contributed by atoms with van der Waals surface area (Å²) in [6.45, 7) is 4.56. The number of hydrogen-bond donors (Lipinski definition) is 1. The molecular weight excluding hydrogens is 363 g/mol. The predicted octanol–water partition coefficient (Wildman–Crippen LogP) is 5.71. The summed E-state index contributed by atoms with van der Waals surface area (Å²) >= 11 is 0. The molecule has 6 atom stereocenters. The first-order valence-corrected chi connectivity index (χ1v) is 11.2. The van der Waals surface area contributed by atoms with E-state index in [1.54, 1.807) is 18.2 Å². The van der Waals surface area contributed by atoms with E-state index in [0.29, 0.717) is 23.3 Å². The SMILES string of the molecule is C[C@@]12CC[C@@H]3[C@H](CC=C4C[C@H](O)CC[C@@]43C)[C@H]1C/C(=C\c1ccccc1F)C2=O. The van der Waals surface area contributed by atoms with E-state index in [-0.39, 0.29) is 28.5 Å². The fraction of sp³-hybridized carbons (Fsp3) is 0.577. The number of hydrogen-bond acceptors (Lipinski definition) is 2. The van der Waals surface area contributed by atoms with E-state index in [0.717, 1.165) is 50.5 Å². The molecule has 0 bridgehead atoms. The lowest BCUT2D eigenvalue weighted by Crippen LogP contribution is -2.50. The minimum absolute atomic E-state index is 0.171. The lowest BCUT2D eigenvalue weighted by Gasteiger charge is -2.56. The monoisotopic (exact) mass is 394 g/mol. The van der Waals surface area contributed by atoms with Crippen molar-refractivity contribution >= 4 is 11.9 Å². The molecular formula is C26H31FO2. The first kappa shape index (κ1) is 19.2. The number of rotatable bonds is 1. The number of carbonyl (C=O) groups excluding carboxylic acids is 1. The third-order valence-electron chi connectivity index (χ3n) is 8.95. The van der Waals surface area contributed by atoms with Gasteiger partial charge in [-0.1, -0.05) is 43.7 Å². The van der Waals surface area contributed by atoms with Crippen LogP contribution in [0.25, 0.3) is 6.08 Å². The molecule has 0 radical (unpaired) electrons. The molecule has 4 aliphatic carbocycles. The number of aliphatic hydroxyl groups is 1. The van der Waals surface area contributed by atoms with Crippen LogP contribution in [0.15, 0.2) is 41.5 Å². The topological polar surface area (TPSA) is 37.3 Å². The van der Waals surface area contributed by atoms with Gasteiger partial charge < -0.3 is 5.11 Å². The maximum Gasteiger partial charge on any atom is 0.165 e. The Kier molecular flexibility index (Phi) is 4.40. The Morgan fingerprint density at radius 1 is 1.07 bits per heavy atom. The van der Waals surface area contributed by atoms with E-state index in [4.69, 9.17) is 0 Å².